The molecule has 1 aromatic rings. The van der Waals surface area contributed by atoms with Crippen LogP contribution in [-0.4, -0.2) is 27.9 Å². The average Bonchev–Trinajstić information content (AvgIpc) is 2.42. The van der Waals surface area contributed by atoms with E-state index >= 15 is 0 Å². The van der Waals surface area contributed by atoms with Crippen LogP contribution in [0.3, 0.4) is 0 Å². The standard InChI is InChI=1S/C14H18N2O5/c1-3-4-5-12(14(18)19)15-13(17)10-6-9(2)7-11(8-10)16(20)21/h6-8,12H,3-5H2,1-2H3,(H,15,17)(H,18,19). The minimum atomic E-state index is -1.11. The topological polar surface area (TPSA) is 110 Å². The third kappa shape index (κ3) is 4.87. The molecular weight excluding hydrogens is 276 g/mol. The number of nitro groups is 1. The SMILES string of the molecule is CCCCC(NC(=O)c1cc(C)cc([N+](=O)[O-])c1)C(=O)O. The molecule has 1 rings (SSSR count). The summed E-state index contributed by atoms with van der Waals surface area (Å²) in [7, 11) is 0. The van der Waals surface area contributed by atoms with Crippen LogP contribution in [0.1, 0.15) is 42.1 Å². The van der Waals surface area contributed by atoms with E-state index < -0.39 is 22.8 Å². The van der Waals surface area contributed by atoms with Crippen molar-refractivity contribution in [2.75, 3.05) is 0 Å². The average molecular weight is 294 g/mol. The maximum absolute atomic E-state index is 12.1. The number of rotatable bonds is 7. The summed E-state index contributed by atoms with van der Waals surface area (Å²) in [5.74, 6) is -1.73. The quantitative estimate of drug-likeness (QED) is 0.592. The molecule has 0 aliphatic heterocycles. The van der Waals surface area contributed by atoms with Crippen LogP contribution in [-0.2, 0) is 4.79 Å². The van der Waals surface area contributed by atoms with Crippen LogP contribution in [0.25, 0.3) is 0 Å². The first-order valence-corrected chi connectivity index (χ1v) is 6.65. The number of benzene rings is 1. The summed E-state index contributed by atoms with van der Waals surface area (Å²) in [6.45, 7) is 3.56. The van der Waals surface area contributed by atoms with Gasteiger partial charge in [0.2, 0.25) is 0 Å². The van der Waals surface area contributed by atoms with E-state index in [9.17, 15) is 19.7 Å². The summed E-state index contributed by atoms with van der Waals surface area (Å²) in [5, 5.41) is 22.2. The lowest BCUT2D eigenvalue weighted by Gasteiger charge is -2.14. The van der Waals surface area contributed by atoms with E-state index in [4.69, 9.17) is 5.11 Å². The Balaban J connectivity index is 2.92. The van der Waals surface area contributed by atoms with E-state index in [1.165, 1.54) is 12.1 Å². The van der Waals surface area contributed by atoms with Crippen molar-refractivity contribution in [2.24, 2.45) is 0 Å². The van der Waals surface area contributed by atoms with Gasteiger partial charge in [0.05, 0.1) is 4.92 Å². The smallest absolute Gasteiger partial charge is 0.326 e. The number of unbranched alkanes of at least 4 members (excludes halogenated alkanes) is 1. The molecule has 1 unspecified atom stereocenters. The molecule has 0 aromatic heterocycles. The third-order valence-corrected chi connectivity index (χ3v) is 2.98. The molecule has 114 valence electrons. The number of nitrogens with one attached hydrogen (secondary N) is 1. The molecule has 1 aromatic carbocycles. The zero-order valence-corrected chi connectivity index (χ0v) is 12.0. The second-order valence-corrected chi connectivity index (χ2v) is 4.82. The molecule has 0 saturated heterocycles. The molecule has 0 aliphatic rings. The Morgan fingerprint density at radius 1 is 1.38 bits per heavy atom. The number of aryl methyl sites for hydroxylation is 1. The fourth-order valence-corrected chi connectivity index (χ4v) is 1.91. The number of hydrogen-bond acceptors (Lipinski definition) is 4. The molecule has 0 saturated carbocycles. The van der Waals surface area contributed by atoms with Gasteiger partial charge in [0.25, 0.3) is 11.6 Å². The van der Waals surface area contributed by atoms with E-state index in [1.807, 2.05) is 6.92 Å². The molecule has 0 radical (unpaired) electrons. The number of carbonyl (C=O) groups excluding carboxylic acids is 1. The molecular formula is C14H18N2O5. The maximum atomic E-state index is 12.1. The van der Waals surface area contributed by atoms with Crippen molar-refractivity contribution in [2.45, 2.75) is 39.2 Å². The van der Waals surface area contributed by atoms with Gasteiger partial charge in [-0.2, -0.15) is 0 Å². The van der Waals surface area contributed by atoms with Crippen LogP contribution in [0.5, 0.6) is 0 Å². The van der Waals surface area contributed by atoms with Gasteiger partial charge in [-0.1, -0.05) is 19.8 Å². The highest BCUT2D eigenvalue weighted by atomic mass is 16.6. The Morgan fingerprint density at radius 2 is 2.05 bits per heavy atom. The van der Waals surface area contributed by atoms with Crippen LogP contribution < -0.4 is 5.32 Å². The van der Waals surface area contributed by atoms with Crippen molar-refractivity contribution in [3.63, 3.8) is 0 Å². The van der Waals surface area contributed by atoms with Crippen molar-refractivity contribution in [1.82, 2.24) is 5.32 Å². The summed E-state index contributed by atoms with van der Waals surface area (Å²) < 4.78 is 0. The molecule has 2 N–H and O–H groups in total. The van der Waals surface area contributed by atoms with Crippen LogP contribution in [0.4, 0.5) is 5.69 Å². The number of hydrogen-bond donors (Lipinski definition) is 2. The van der Waals surface area contributed by atoms with E-state index in [1.54, 1.807) is 6.92 Å². The first-order valence-electron chi connectivity index (χ1n) is 6.65. The van der Waals surface area contributed by atoms with Gasteiger partial charge in [0.15, 0.2) is 0 Å². The van der Waals surface area contributed by atoms with Gasteiger partial charge in [0.1, 0.15) is 6.04 Å². The van der Waals surface area contributed by atoms with Gasteiger partial charge in [0, 0.05) is 17.7 Å². The highest BCUT2D eigenvalue weighted by Gasteiger charge is 2.21. The molecule has 0 fully saturated rings. The monoisotopic (exact) mass is 294 g/mol. The van der Waals surface area contributed by atoms with Crippen molar-refractivity contribution >= 4 is 17.6 Å². The summed E-state index contributed by atoms with van der Waals surface area (Å²) >= 11 is 0. The van der Waals surface area contributed by atoms with Gasteiger partial charge >= 0.3 is 5.97 Å². The van der Waals surface area contributed by atoms with Crippen LogP contribution in [0, 0.1) is 17.0 Å². The van der Waals surface area contributed by atoms with Crippen molar-refractivity contribution in [3.05, 3.63) is 39.4 Å². The fourth-order valence-electron chi connectivity index (χ4n) is 1.91. The number of amides is 1. The number of aliphatic carboxylic acids is 1. The second kappa shape index (κ2) is 7.37. The highest BCUT2D eigenvalue weighted by Crippen LogP contribution is 2.17. The highest BCUT2D eigenvalue weighted by molar-refractivity contribution is 5.97. The zero-order chi connectivity index (χ0) is 16.0. The van der Waals surface area contributed by atoms with Gasteiger partial charge in [-0.25, -0.2) is 4.79 Å². The number of nitro benzene ring substituents is 1. The summed E-state index contributed by atoms with van der Waals surface area (Å²) in [5.41, 5.74) is 0.458. The molecule has 0 heterocycles. The van der Waals surface area contributed by atoms with Gasteiger partial charge in [-0.05, 0) is 25.0 Å². The molecule has 0 aliphatic carbocycles. The largest absolute Gasteiger partial charge is 0.480 e. The van der Waals surface area contributed by atoms with Gasteiger partial charge in [-0.3, -0.25) is 14.9 Å². The predicted octanol–water partition coefficient (Wildman–Crippen LogP) is 2.28. The number of non-ortho nitro benzene ring substituents is 1. The minimum Gasteiger partial charge on any atom is -0.480 e. The fraction of sp³-hybridized carbons (Fsp3) is 0.429. The number of carboxylic acids is 1. The number of carboxylic acid groups (broad SMARTS) is 1. The summed E-state index contributed by atoms with van der Waals surface area (Å²) in [4.78, 5) is 33.3. The normalized spacial score (nSPS) is 11.7. The molecule has 7 heteroatoms. The molecule has 7 nitrogen and oxygen atoms in total. The van der Waals surface area contributed by atoms with Gasteiger partial charge < -0.3 is 10.4 Å². The van der Waals surface area contributed by atoms with Crippen molar-refractivity contribution < 1.29 is 19.6 Å². The first-order chi connectivity index (χ1) is 9.85. The van der Waals surface area contributed by atoms with E-state index in [0.717, 1.165) is 12.5 Å². The third-order valence-electron chi connectivity index (χ3n) is 2.98. The molecule has 0 bridgehead atoms. The van der Waals surface area contributed by atoms with Crippen molar-refractivity contribution in [1.29, 1.82) is 0 Å². The van der Waals surface area contributed by atoms with Crippen LogP contribution >= 0.6 is 0 Å². The molecule has 21 heavy (non-hydrogen) atoms. The maximum Gasteiger partial charge on any atom is 0.326 e. The predicted molar refractivity (Wildman–Crippen MR) is 76.2 cm³/mol. The minimum absolute atomic E-state index is 0.0875. The Labute approximate surface area is 122 Å². The van der Waals surface area contributed by atoms with E-state index in [-0.39, 0.29) is 11.3 Å². The van der Waals surface area contributed by atoms with E-state index in [2.05, 4.69) is 5.32 Å². The lowest BCUT2D eigenvalue weighted by molar-refractivity contribution is -0.384. The van der Waals surface area contributed by atoms with Gasteiger partial charge in [-0.15, -0.1) is 0 Å². The van der Waals surface area contributed by atoms with Crippen LogP contribution in [0.15, 0.2) is 18.2 Å². The Morgan fingerprint density at radius 3 is 2.57 bits per heavy atom. The van der Waals surface area contributed by atoms with E-state index in [0.29, 0.717) is 18.4 Å². The summed E-state index contributed by atoms with van der Waals surface area (Å²) in [6, 6.07) is 2.99. The first kappa shape index (κ1) is 16.6. The Kier molecular flexibility index (Phi) is 5.83. The summed E-state index contributed by atoms with van der Waals surface area (Å²) in [6.07, 6.45) is 1.81. The number of nitrogens with zero attached hydrogens (tertiary/aromatic N) is 1. The zero-order valence-electron chi connectivity index (χ0n) is 12.0. The second-order valence-electron chi connectivity index (χ2n) is 4.82. The van der Waals surface area contributed by atoms with Crippen LogP contribution in [0.2, 0.25) is 0 Å². The lowest BCUT2D eigenvalue weighted by atomic mass is 10.1. The molecule has 1 atom stereocenters. The van der Waals surface area contributed by atoms with Crippen molar-refractivity contribution in [3.8, 4) is 0 Å². The molecule has 1 amide bonds. The Hall–Kier alpha value is -2.44. The Bertz CT molecular complexity index is 556. The lowest BCUT2D eigenvalue weighted by Crippen LogP contribution is -2.40. The number of carbonyl (C=O) groups is 2. The molecule has 0 spiro atoms.